The first-order chi connectivity index (χ1) is 13.9. The van der Waals surface area contributed by atoms with E-state index in [1.165, 1.54) is 0 Å². The highest BCUT2D eigenvalue weighted by molar-refractivity contribution is 5.95. The fourth-order valence-electron chi connectivity index (χ4n) is 3.85. The van der Waals surface area contributed by atoms with Crippen molar-refractivity contribution in [2.75, 3.05) is 0 Å². The number of aromatic nitrogens is 2. The first-order valence-electron chi connectivity index (χ1n) is 9.46. The normalized spacial score (nSPS) is 15.8. The number of nitrogens with zero attached hydrogens (tertiary/aromatic N) is 2. The Hall–Kier alpha value is -3.09. The summed E-state index contributed by atoms with van der Waals surface area (Å²) in [6.45, 7) is 4.05. The Labute approximate surface area is 166 Å². The summed E-state index contributed by atoms with van der Waals surface area (Å²) in [5, 5.41) is 7.16. The predicted molar refractivity (Wildman–Crippen MR) is 102 cm³/mol. The summed E-state index contributed by atoms with van der Waals surface area (Å²) in [5.74, 6) is -4.81. The van der Waals surface area contributed by atoms with Crippen molar-refractivity contribution in [3.8, 4) is 5.69 Å². The van der Waals surface area contributed by atoms with E-state index in [1.54, 1.807) is 6.20 Å². The van der Waals surface area contributed by atoms with Gasteiger partial charge < -0.3 is 5.32 Å². The van der Waals surface area contributed by atoms with E-state index in [-0.39, 0.29) is 0 Å². The van der Waals surface area contributed by atoms with E-state index < -0.39 is 35.0 Å². The van der Waals surface area contributed by atoms with Crippen LogP contribution in [0.15, 0.2) is 36.5 Å². The van der Waals surface area contributed by atoms with Crippen LogP contribution in [0.5, 0.6) is 0 Å². The summed E-state index contributed by atoms with van der Waals surface area (Å²) in [5.41, 5.74) is 4.07. The highest BCUT2D eigenvalue weighted by Crippen LogP contribution is 2.32. The van der Waals surface area contributed by atoms with Crippen LogP contribution < -0.4 is 5.32 Å². The quantitative estimate of drug-likeness (QED) is 0.648. The first kappa shape index (κ1) is 19.2. The molecular weight excluding hydrogens is 379 g/mol. The van der Waals surface area contributed by atoms with E-state index in [2.05, 4.69) is 10.4 Å². The Balaban J connectivity index is 1.67. The lowest BCUT2D eigenvalue weighted by molar-refractivity contribution is 0.0923. The van der Waals surface area contributed by atoms with Crippen molar-refractivity contribution < 1.29 is 18.0 Å². The molecule has 2 aromatic carbocycles. The minimum Gasteiger partial charge on any atom is -0.345 e. The van der Waals surface area contributed by atoms with Gasteiger partial charge in [-0.25, -0.2) is 17.9 Å². The van der Waals surface area contributed by atoms with Crippen LogP contribution in [0.2, 0.25) is 0 Å². The van der Waals surface area contributed by atoms with Crippen molar-refractivity contribution in [1.82, 2.24) is 15.1 Å². The molecule has 29 heavy (non-hydrogen) atoms. The van der Waals surface area contributed by atoms with E-state index in [1.807, 2.05) is 36.7 Å². The Morgan fingerprint density at radius 3 is 2.69 bits per heavy atom. The summed E-state index contributed by atoms with van der Waals surface area (Å²) in [4.78, 5) is 12.5. The predicted octanol–water partition coefficient (Wildman–Crippen LogP) is 4.71. The fraction of sp³-hybridized carbons (Fsp3) is 0.273. The zero-order valence-electron chi connectivity index (χ0n) is 16.1. The summed E-state index contributed by atoms with van der Waals surface area (Å²) in [6.07, 6.45) is 3.84. The van der Waals surface area contributed by atoms with Gasteiger partial charge in [0.25, 0.3) is 5.91 Å². The topological polar surface area (TPSA) is 46.9 Å². The van der Waals surface area contributed by atoms with Crippen LogP contribution in [0.25, 0.3) is 5.69 Å². The fourth-order valence-corrected chi connectivity index (χ4v) is 3.85. The molecule has 0 aliphatic heterocycles. The van der Waals surface area contributed by atoms with Gasteiger partial charge in [-0.15, -0.1) is 0 Å². The molecule has 1 amide bonds. The Kier molecular flexibility index (Phi) is 4.90. The second-order valence-electron chi connectivity index (χ2n) is 7.31. The number of carbonyl (C=O) groups is 1. The molecule has 0 radical (unpaired) electrons. The number of hydrogen-bond donors (Lipinski definition) is 1. The van der Waals surface area contributed by atoms with Crippen LogP contribution in [-0.2, 0) is 6.42 Å². The molecule has 0 unspecified atom stereocenters. The minimum atomic E-state index is -1.48. The van der Waals surface area contributed by atoms with Gasteiger partial charge in [0.05, 0.1) is 17.9 Å². The summed E-state index contributed by atoms with van der Waals surface area (Å²) >= 11 is 0. The van der Waals surface area contributed by atoms with E-state index in [4.69, 9.17) is 0 Å². The zero-order valence-corrected chi connectivity index (χ0v) is 16.1. The molecule has 1 atom stereocenters. The monoisotopic (exact) mass is 399 g/mol. The van der Waals surface area contributed by atoms with E-state index in [0.29, 0.717) is 12.5 Å². The van der Waals surface area contributed by atoms with Crippen molar-refractivity contribution in [1.29, 1.82) is 0 Å². The van der Waals surface area contributed by atoms with Crippen molar-refractivity contribution in [2.24, 2.45) is 0 Å². The van der Waals surface area contributed by atoms with Gasteiger partial charge >= 0.3 is 0 Å². The van der Waals surface area contributed by atoms with Crippen LogP contribution in [0.1, 0.15) is 51.6 Å². The molecule has 3 aromatic rings. The van der Waals surface area contributed by atoms with Gasteiger partial charge in [-0.2, -0.15) is 5.10 Å². The highest BCUT2D eigenvalue weighted by Gasteiger charge is 2.29. The molecule has 1 aliphatic rings. The van der Waals surface area contributed by atoms with Crippen LogP contribution >= 0.6 is 0 Å². The molecule has 0 spiro atoms. The van der Waals surface area contributed by atoms with Crippen molar-refractivity contribution >= 4 is 5.91 Å². The number of aryl methyl sites for hydroxylation is 1. The van der Waals surface area contributed by atoms with Crippen molar-refractivity contribution in [2.45, 2.75) is 39.2 Å². The summed E-state index contributed by atoms with van der Waals surface area (Å²) < 4.78 is 43.3. The zero-order chi connectivity index (χ0) is 20.7. The second-order valence-corrected chi connectivity index (χ2v) is 7.31. The number of carbonyl (C=O) groups excluding carboxylic acids is 1. The van der Waals surface area contributed by atoms with Gasteiger partial charge in [0, 0.05) is 11.3 Å². The molecule has 1 N–H and O–H groups in total. The Bertz CT molecular complexity index is 1110. The number of hydrogen-bond acceptors (Lipinski definition) is 2. The lowest BCUT2D eigenvalue weighted by Crippen LogP contribution is -2.32. The maximum absolute atomic E-state index is 14.0. The van der Waals surface area contributed by atoms with Crippen LogP contribution in [-0.4, -0.2) is 15.7 Å². The third-order valence-electron chi connectivity index (χ3n) is 5.56. The number of benzene rings is 2. The highest BCUT2D eigenvalue weighted by atomic mass is 19.2. The molecule has 4 rings (SSSR count). The average Bonchev–Trinajstić information content (AvgIpc) is 3.12. The van der Waals surface area contributed by atoms with Gasteiger partial charge in [-0.3, -0.25) is 4.79 Å². The molecule has 1 aliphatic carbocycles. The smallest absolute Gasteiger partial charge is 0.257 e. The number of fused-ring (bicyclic) bond motifs is 1. The maximum atomic E-state index is 14.0. The van der Waals surface area contributed by atoms with Gasteiger partial charge in [0.1, 0.15) is 11.4 Å². The van der Waals surface area contributed by atoms with E-state index in [0.717, 1.165) is 47.0 Å². The van der Waals surface area contributed by atoms with Crippen molar-refractivity contribution in [3.05, 3.63) is 81.9 Å². The number of rotatable bonds is 3. The maximum Gasteiger partial charge on any atom is 0.257 e. The third-order valence-corrected chi connectivity index (χ3v) is 5.56. The molecule has 0 saturated carbocycles. The van der Waals surface area contributed by atoms with Gasteiger partial charge in [-0.1, -0.05) is 12.1 Å². The molecule has 0 saturated heterocycles. The van der Waals surface area contributed by atoms with Crippen LogP contribution in [0.4, 0.5) is 13.2 Å². The standard InChI is InChI=1S/C22H20F3N3O/c1-12-5-3-7-18(13(12)2)28-19-8-4-6-17(14(19)11-26-28)27-22(29)20-15(23)9-10-16(24)21(20)25/h3,5,7,9-11,17H,4,6,8H2,1-2H3,(H,27,29)/t17-/m1/s1. The molecular formula is C22H20F3N3O. The second kappa shape index (κ2) is 7.39. The van der Waals surface area contributed by atoms with E-state index in [9.17, 15) is 18.0 Å². The molecule has 0 bridgehead atoms. The third kappa shape index (κ3) is 3.30. The van der Waals surface area contributed by atoms with Gasteiger partial charge in [0.2, 0.25) is 0 Å². The van der Waals surface area contributed by atoms with Crippen LogP contribution in [0, 0.1) is 31.3 Å². The average molecular weight is 399 g/mol. The van der Waals surface area contributed by atoms with Crippen molar-refractivity contribution in [3.63, 3.8) is 0 Å². The first-order valence-corrected chi connectivity index (χ1v) is 9.46. The van der Waals surface area contributed by atoms with Crippen LogP contribution in [0.3, 0.4) is 0 Å². The SMILES string of the molecule is Cc1cccc(-n2ncc3c2CCC[C@H]3NC(=O)c2c(F)ccc(F)c2F)c1C. The molecule has 0 fully saturated rings. The van der Waals surface area contributed by atoms with Gasteiger partial charge in [-0.05, 0) is 62.4 Å². The van der Waals surface area contributed by atoms with E-state index >= 15 is 0 Å². The molecule has 1 heterocycles. The number of amides is 1. The molecule has 4 nitrogen and oxygen atoms in total. The largest absolute Gasteiger partial charge is 0.345 e. The lowest BCUT2D eigenvalue weighted by Gasteiger charge is -2.25. The molecule has 150 valence electrons. The lowest BCUT2D eigenvalue weighted by atomic mass is 9.92. The van der Waals surface area contributed by atoms with Gasteiger partial charge in [0.15, 0.2) is 11.6 Å². The Morgan fingerprint density at radius 1 is 1.14 bits per heavy atom. The number of halogens is 3. The molecule has 7 heteroatoms. The summed E-state index contributed by atoms with van der Waals surface area (Å²) in [7, 11) is 0. The Morgan fingerprint density at radius 2 is 1.90 bits per heavy atom. The summed E-state index contributed by atoms with van der Waals surface area (Å²) in [6, 6.07) is 6.93. The molecule has 1 aromatic heterocycles. The minimum absolute atomic E-state index is 0.452. The number of nitrogens with one attached hydrogen (secondary N) is 1.